The number of aliphatic hydroxyl groups is 2. The fraction of sp³-hybridized carbons (Fsp3) is 0.836. The molecule has 2 unspecified atom stereocenters. The molecule has 380 valence electrons. The zero-order valence-corrected chi connectivity index (χ0v) is 42.4. The van der Waals surface area contributed by atoms with Gasteiger partial charge < -0.3 is 38.6 Å². The minimum absolute atomic E-state index is 0.0140. The van der Waals surface area contributed by atoms with Crippen molar-refractivity contribution >= 4 is 17.7 Å². The molecule has 2 aliphatic carbocycles. The number of esters is 2. The number of rotatable bonds is 33. The zero-order valence-electron chi connectivity index (χ0n) is 42.4. The molecular weight excluding hydrogens is 837 g/mol. The molecule has 2 saturated heterocycles. The molecule has 0 aromatic rings. The number of ketones is 1. The van der Waals surface area contributed by atoms with Gasteiger partial charge in [0, 0.05) is 51.0 Å². The largest absolute Gasteiger partial charge is 0.463 e. The molecule has 6 atom stereocenters. The quantitative estimate of drug-likeness (QED) is 0.0368. The molecule has 0 bridgehead atoms. The Kier molecular flexibility index (Phi) is 29.1. The second-order valence-corrected chi connectivity index (χ2v) is 20.0. The van der Waals surface area contributed by atoms with E-state index in [0.29, 0.717) is 45.7 Å². The third-order valence-corrected chi connectivity index (χ3v) is 13.9. The van der Waals surface area contributed by atoms with Gasteiger partial charge in [-0.05, 0) is 128 Å². The Morgan fingerprint density at radius 2 is 1.15 bits per heavy atom. The average molecular weight is 931 g/mol. The third-order valence-electron chi connectivity index (χ3n) is 13.9. The first kappa shape index (κ1) is 57.9. The first-order valence-electron chi connectivity index (χ1n) is 26.6. The molecule has 3 fully saturated rings. The number of allylic oxidation sites excluding steroid dienone is 6. The van der Waals surface area contributed by atoms with Crippen molar-refractivity contribution in [3.8, 4) is 0 Å². The Hall–Kier alpha value is -2.41. The Labute approximate surface area is 400 Å². The van der Waals surface area contributed by atoms with Crippen LogP contribution in [0.4, 0.5) is 0 Å². The van der Waals surface area contributed by atoms with Crippen LogP contribution in [0.2, 0.25) is 0 Å². The van der Waals surface area contributed by atoms with Crippen LogP contribution in [0.3, 0.4) is 0 Å². The van der Waals surface area contributed by atoms with Gasteiger partial charge in [-0.1, -0.05) is 95.6 Å². The number of hydrogen-bond acceptors (Lipinski definition) is 11. The van der Waals surface area contributed by atoms with Crippen molar-refractivity contribution < 1.29 is 53.0 Å². The lowest BCUT2D eigenvalue weighted by molar-refractivity contribution is -0.171. The van der Waals surface area contributed by atoms with E-state index in [1.54, 1.807) is 6.08 Å². The third kappa shape index (κ3) is 22.3. The van der Waals surface area contributed by atoms with Crippen LogP contribution in [-0.4, -0.2) is 90.9 Å². The average Bonchev–Trinajstić information content (AvgIpc) is 4.09. The van der Waals surface area contributed by atoms with E-state index in [4.69, 9.17) is 28.4 Å². The van der Waals surface area contributed by atoms with Crippen LogP contribution in [-0.2, 0) is 42.8 Å². The number of hydrogen-bond donors (Lipinski definition) is 2. The molecule has 0 spiro atoms. The summed E-state index contributed by atoms with van der Waals surface area (Å²) in [5, 5.41) is 20.7. The summed E-state index contributed by atoms with van der Waals surface area (Å²) in [7, 11) is 0. The standard InChI is InChI=1S/C28H50O6.C27H44O5/c1-4-5-6-9-12-16-28(32-18-19-33-28)17-15-24-23(21-29)20-26(30)25(24)13-10-7-8-11-14-27(31)34-22(2)3;1-4-5-6-9-12-18-27(30-20-21-31-27)19-17-23-15-16-25(28)24(23)13-10-7-8-11-14-26(29)32-22(2)3/h7,10,22-26,29-30H,4-6,8-9,11-21H2,1-3H3;7,10,15-16,22-24H,4-6,8-9,11-14,17-21H2,1-3H3/b;10-7-/t23-,24-,25?,26-;23-,24?/m01/s1. The van der Waals surface area contributed by atoms with Crippen LogP contribution >= 0.6 is 0 Å². The van der Waals surface area contributed by atoms with Gasteiger partial charge in [0.15, 0.2) is 17.4 Å². The molecule has 0 amide bonds. The number of carbonyl (C=O) groups excluding carboxylic acids is 3. The van der Waals surface area contributed by atoms with E-state index in [1.165, 1.54) is 51.4 Å². The molecule has 4 aliphatic rings. The first-order valence-corrected chi connectivity index (χ1v) is 26.6. The minimum Gasteiger partial charge on any atom is -0.463 e. The van der Waals surface area contributed by atoms with Gasteiger partial charge in [0.2, 0.25) is 0 Å². The molecule has 0 radical (unpaired) electrons. The summed E-state index contributed by atoms with van der Waals surface area (Å²) < 4.78 is 34.6. The van der Waals surface area contributed by atoms with Crippen molar-refractivity contribution in [3.05, 3.63) is 36.5 Å². The van der Waals surface area contributed by atoms with Gasteiger partial charge in [-0.3, -0.25) is 14.4 Å². The molecule has 2 aliphatic heterocycles. The maximum absolute atomic E-state index is 12.4. The van der Waals surface area contributed by atoms with Gasteiger partial charge in [-0.15, -0.1) is 0 Å². The lowest BCUT2D eigenvalue weighted by Gasteiger charge is -2.31. The highest BCUT2D eigenvalue weighted by molar-refractivity contribution is 5.94. The molecule has 2 heterocycles. The lowest BCUT2D eigenvalue weighted by atomic mass is 9.82. The van der Waals surface area contributed by atoms with Crippen molar-refractivity contribution in [1.82, 2.24) is 0 Å². The molecule has 0 aromatic heterocycles. The van der Waals surface area contributed by atoms with Crippen molar-refractivity contribution in [2.45, 2.75) is 232 Å². The Balaban J connectivity index is 0.000000351. The van der Waals surface area contributed by atoms with Crippen molar-refractivity contribution in [1.29, 1.82) is 0 Å². The Bertz CT molecular complexity index is 1410. The van der Waals surface area contributed by atoms with E-state index in [0.717, 1.165) is 89.9 Å². The molecule has 1 saturated carbocycles. The Morgan fingerprint density at radius 3 is 1.64 bits per heavy atom. The Morgan fingerprint density at radius 1 is 0.667 bits per heavy atom. The molecule has 4 rings (SSSR count). The van der Waals surface area contributed by atoms with Gasteiger partial charge in [-0.25, -0.2) is 0 Å². The highest BCUT2D eigenvalue weighted by Gasteiger charge is 2.44. The van der Waals surface area contributed by atoms with Gasteiger partial charge in [0.25, 0.3) is 0 Å². The summed E-state index contributed by atoms with van der Waals surface area (Å²) in [5.74, 6) is -0.197. The van der Waals surface area contributed by atoms with Crippen LogP contribution in [0.5, 0.6) is 0 Å². The van der Waals surface area contributed by atoms with Gasteiger partial charge in [0.1, 0.15) is 0 Å². The summed E-state index contributed by atoms with van der Waals surface area (Å²) in [5.41, 5.74) is 0. The van der Waals surface area contributed by atoms with Gasteiger partial charge >= 0.3 is 11.9 Å². The first-order chi connectivity index (χ1) is 31.9. The van der Waals surface area contributed by atoms with E-state index >= 15 is 0 Å². The molecule has 66 heavy (non-hydrogen) atoms. The van der Waals surface area contributed by atoms with E-state index in [9.17, 15) is 24.6 Å². The highest BCUT2D eigenvalue weighted by Crippen LogP contribution is 2.45. The maximum atomic E-state index is 12.4. The van der Waals surface area contributed by atoms with Crippen LogP contribution in [0.25, 0.3) is 0 Å². The number of ether oxygens (including phenoxy) is 6. The van der Waals surface area contributed by atoms with Crippen LogP contribution in [0.15, 0.2) is 36.5 Å². The number of carbonyl (C=O) groups is 3. The van der Waals surface area contributed by atoms with Crippen molar-refractivity contribution in [2.75, 3.05) is 33.0 Å². The summed E-state index contributed by atoms with van der Waals surface area (Å²) in [4.78, 5) is 35.6. The van der Waals surface area contributed by atoms with Crippen molar-refractivity contribution in [2.24, 2.45) is 29.6 Å². The lowest BCUT2D eigenvalue weighted by Crippen LogP contribution is -2.32. The highest BCUT2D eigenvalue weighted by atomic mass is 16.7. The van der Waals surface area contributed by atoms with Gasteiger partial charge in [0.05, 0.1) is 44.7 Å². The smallest absolute Gasteiger partial charge is 0.306 e. The summed E-state index contributed by atoms with van der Waals surface area (Å²) in [6.07, 6.45) is 35.7. The summed E-state index contributed by atoms with van der Waals surface area (Å²) >= 11 is 0. The molecule has 0 aromatic carbocycles. The normalized spacial score (nSPS) is 24.6. The van der Waals surface area contributed by atoms with E-state index in [1.807, 2.05) is 27.7 Å². The van der Waals surface area contributed by atoms with Crippen LogP contribution in [0.1, 0.15) is 202 Å². The maximum Gasteiger partial charge on any atom is 0.306 e. The summed E-state index contributed by atoms with van der Waals surface area (Å²) in [6.45, 7) is 14.7. The second kappa shape index (κ2) is 33.2. The van der Waals surface area contributed by atoms with Crippen LogP contribution < -0.4 is 0 Å². The zero-order chi connectivity index (χ0) is 48.0. The molecular formula is C55H94O11. The number of unbranched alkanes of at least 4 members (excludes halogenated alkanes) is 10. The fourth-order valence-corrected chi connectivity index (χ4v) is 10.3. The predicted octanol–water partition coefficient (Wildman–Crippen LogP) is 11.9. The summed E-state index contributed by atoms with van der Waals surface area (Å²) in [6, 6.07) is 0. The second-order valence-electron chi connectivity index (χ2n) is 20.0. The molecule has 11 nitrogen and oxygen atoms in total. The van der Waals surface area contributed by atoms with Crippen molar-refractivity contribution in [3.63, 3.8) is 0 Å². The topological polar surface area (TPSA) is 147 Å². The number of aliphatic hydroxyl groups excluding tert-OH is 2. The fourth-order valence-electron chi connectivity index (χ4n) is 10.3. The molecule has 2 N–H and O–H groups in total. The van der Waals surface area contributed by atoms with E-state index < -0.39 is 11.6 Å². The monoisotopic (exact) mass is 931 g/mol. The van der Waals surface area contributed by atoms with E-state index in [-0.39, 0.29) is 72.2 Å². The SMILES string of the molecule is CCCCCCCC1(CC[C@@H]2C(CC=CCCCC(=O)OC(C)C)[C@@H](O)C[C@H]2CO)OCCO1.CCCCCCCC1(CC[C@H]2C=CC(=O)C2C/C=C\CCCC(=O)OC(C)C)OCCO1. The van der Waals surface area contributed by atoms with Gasteiger partial charge in [-0.2, -0.15) is 0 Å². The minimum atomic E-state index is -0.481. The van der Waals surface area contributed by atoms with E-state index in [2.05, 4.69) is 44.2 Å². The molecule has 11 heteroatoms. The predicted molar refractivity (Wildman–Crippen MR) is 261 cm³/mol. The van der Waals surface area contributed by atoms with Crippen LogP contribution in [0, 0.1) is 29.6 Å².